The first-order chi connectivity index (χ1) is 6.18. The van der Waals surface area contributed by atoms with E-state index >= 15 is 0 Å². The maximum absolute atomic E-state index is 5.89. The average Bonchev–Trinajstić information content (AvgIpc) is 2.07. The van der Waals surface area contributed by atoms with Crippen molar-refractivity contribution in [1.82, 2.24) is 10.2 Å². The van der Waals surface area contributed by atoms with Gasteiger partial charge in [0.25, 0.3) is 0 Å². The minimum Gasteiger partial charge on any atom is -0.397 e. The molecule has 0 aliphatic carbocycles. The first-order valence-corrected chi connectivity index (χ1v) is 4.30. The number of hydrogen-bond donors (Lipinski definition) is 1. The molecule has 3 nitrogen and oxygen atoms in total. The number of hydrogen-bond acceptors (Lipinski definition) is 3. The van der Waals surface area contributed by atoms with Gasteiger partial charge in [-0.15, -0.1) is 5.10 Å². The van der Waals surface area contributed by atoms with E-state index in [0.29, 0.717) is 21.2 Å². The third kappa shape index (κ3) is 1.41. The van der Waals surface area contributed by atoms with Gasteiger partial charge in [0, 0.05) is 10.4 Å². The molecule has 0 atom stereocenters. The smallest absolute Gasteiger partial charge is 0.114 e. The van der Waals surface area contributed by atoms with E-state index in [1.807, 2.05) is 0 Å². The van der Waals surface area contributed by atoms with Gasteiger partial charge in [0.15, 0.2) is 0 Å². The maximum atomic E-state index is 5.89. The highest BCUT2D eigenvalue weighted by Crippen LogP contribution is 2.28. The van der Waals surface area contributed by atoms with E-state index in [0.717, 1.165) is 5.39 Å². The summed E-state index contributed by atoms with van der Waals surface area (Å²) in [6.07, 6.45) is 1.47. The first-order valence-electron chi connectivity index (χ1n) is 3.54. The number of benzene rings is 1. The van der Waals surface area contributed by atoms with Crippen LogP contribution in [-0.4, -0.2) is 10.2 Å². The molecule has 13 heavy (non-hydrogen) atoms. The maximum Gasteiger partial charge on any atom is 0.114 e. The summed E-state index contributed by atoms with van der Waals surface area (Å²) in [4.78, 5) is 0. The van der Waals surface area contributed by atoms with E-state index in [1.54, 1.807) is 12.1 Å². The third-order valence-electron chi connectivity index (χ3n) is 1.69. The van der Waals surface area contributed by atoms with E-state index in [2.05, 4.69) is 10.2 Å². The summed E-state index contributed by atoms with van der Waals surface area (Å²) in [5.74, 6) is 0. The minimum absolute atomic E-state index is 0.460. The largest absolute Gasteiger partial charge is 0.397 e. The van der Waals surface area contributed by atoms with Gasteiger partial charge >= 0.3 is 0 Å². The molecule has 2 aromatic rings. The van der Waals surface area contributed by atoms with Crippen molar-refractivity contribution >= 4 is 39.8 Å². The monoisotopic (exact) mass is 213 g/mol. The number of nitrogen functional groups attached to an aromatic ring is 1. The van der Waals surface area contributed by atoms with Crippen LogP contribution in [0.15, 0.2) is 18.3 Å². The number of rotatable bonds is 0. The van der Waals surface area contributed by atoms with Crippen LogP contribution in [0.5, 0.6) is 0 Å². The molecule has 0 radical (unpaired) electrons. The molecule has 0 unspecified atom stereocenters. The summed E-state index contributed by atoms with van der Waals surface area (Å²) in [7, 11) is 0. The molecule has 0 spiro atoms. The van der Waals surface area contributed by atoms with Gasteiger partial charge in [0.2, 0.25) is 0 Å². The fourth-order valence-electron chi connectivity index (χ4n) is 1.11. The second kappa shape index (κ2) is 3.01. The van der Waals surface area contributed by atoms with Crippen molar-refractivity contribution in [3.8, 4) is 0 Å². The average molecular weight is 214 g/mol. The lowest BCUT2D eigenvalue weighted by Crippen LogP contribution is -1.92. The Morgan fingerprint density at radius 1 is 1.23 bits per heavy atom. The lowest BCUT2D eigenvalue weighted by atomic mass is 10.2. The van der Waals surface area contributed by atoms with Crippen LogP contribution in [0.1, 0.15) is 0 Å². The SMILES string of the molecule is Nc1cnnc2c(Cl)cc(Cl)cc12. The van der Waals surface area contributed by atoms with Crippen LogP contribution in [0.3, 0.4) is 0 Å². The number of halogens is 2. The molecule has 1 heterocycles. The Kier molecular flexibility index (Phi) is 1.98. The molecule has 0 saturated heterocycles. The zero-order chi connectivity index (χ0) is 9.42. The van der Waals surface area contributed by atoms with Gasteiger partial charge in [-0.05, 0) is 12.1 Å². The van der Waals surface area contributed by atoms with Crippen LogP contribution in [0.2, 0.25) is 10.0 Å². The molecule has 0 aliphatic heterocycles. The standard InChI is InChI=1S/C8H5Cl2N3/c9-4-1-5-7(11)3-12-13-8(5)6(10)2-4/h1-3H,(H2,11,13). The van der Waals surface area contributed by atoms with Crippen molar-refractivity contribution in [2.75, 3.05) is 5.73 Å². The Morgan fingerprint density at radius 3 is 2.77 bits per heavy atom. The van der Waals surface area contributed by atoms with Gasteiger partial charge in [-0.1, -0.05) is 23.2 Å². The van der Waals surface area contributed by atoms with Crippen LogP contribution in [-0.2, 0) is 0 Å². The molecule has 0 aliphatic rings. The fourth-order valence-corrected chi connectivity index (χ4v) is 1.64. The Balaban J connectivity index is 2.94. The highest BCUT2D eigenvalue weighted by atomic mass is 35.5. The molecule has 0 amide bonds. The summed E-state index contributed by atoms with van der Waals surface area (Å²) in [6, 6.07) is 3.33. The van der Waals surface area contributed by atoms with Crippen molar-refractivity contribution in [3.63, 3.8) is 0 Å². The molecule has 0 fully saturated rings. The molecule has 2 N–H and O–H groups in total. The number of anilines is 1. The summed E-state index contributed by atoms with van der Waals surface area (Å²) < 4.78 is 0. The van der Waals surface area contributed by atoms with E-state index in [-0.39, 0.29) is 0 Å². The van der Waals surface area contributed by atoms with E-state index in [1.165, 1.54) is 6.20 Å². The van der Waals surface area contributed by atoms with E-state index < -0.39 is 0 Å². The predicted molar refractivity (Wildman–Crippen MR) is 54.0 cm³/mol. The molecule has 2 rings (SSSR count). The van der Waals surface area contributed by atoms with Gasteiger partial charge in [-0.2, -0.15) is 5.10 Å². The fraction of sp³-hybridized carbons (Fsp3) is 0. The number of fused-ring (bicyclic) bond motifs is 1. The van der Waals surface area contributed by atoms with Crippen LogP contribution in [0.4, 0.5) is 5.69 Å². The number of aromatic nitrogens is 2. The summed E-state index contributed by atoms with van der Waals surface area (Å²) in [6.45, 7) is 0. The second-order valence-corrected chi connectivity index (χ2v) is 3.43. The molecule has 66 valence electrons. The number of nitrogens with two attached hydrogens (primary N) is 1. The second-order valence-electron chi connectivity index (χ2n) is 2.58. The van der Waals surface area contributed by atoms with Crippen LogP contribution < -0.4 is 5.73 Å². The van der Waals surface area contributed by atoms with E-state index in [4.69, 9.17) is 28.9 Å². The Hall–Kier alpha value is -1.06. The Bertz CT molecular complexity index is 470. The van der Waals surface area contributed by atoms with Crippen molar-refractivity contribution in [2.45, 2.75) is 0 Å². The highest BCUT2D eigenvalue weighted by Gasteiger charge is 2.05. The van der Waals surface area contributed by atoms with Crippen LogP contribution >= 0.6 is 23.2 Å². The Labute approximate surface area is 84.5 Å². The highest BCUT2D eigenvalue weighted by molar-refractivity contribution is 6.38. The third-order valence-corrected chi connectivity index (χ3v) is 2.20. The molecular formula is C8H5Cl2N3. The first kappa shape index (κ1) is 8.53. The topological polar surface area (TPSA) is 51.8 Å². The molecule has 0 bridgehead atoms. The lowest BCUT2D eigenvalue weighted by molar-refractivity contribution is 1.08. The quantitative estimate of drug-likeness (QED) is 0.732. The van der Waals surface area contributed by atoms with Crippen molar-refractivity contribution in [3.05, 3.63) is 28.4 Å². The van der Waals surface area contributed by atoms with Crippen molar-refractivity contribution in [1.29, 1.82) is 0 Å². The summed E-state index contributed by atoms with van der Waals surface area (Å²) in [5, 5.41) is 9.29. The number of nitrogens with zero attached hydrogens (tertiary/aromatic N) is 2. The molecule has 1 aromatic carbocycles. The molecule has 1 aromatic heterocycles. The zero-order valence-corrected chi connectivity index (χ0v) is 7.97. The molecular weight excluding hydrogens is 209 g/mol. The molecule has 0 saturated carbocycles. The summed E-state index contributed by atoms with van der Waals surface area (Å²) >= 11 is 11.7. The summed E-state index contributed by atoms with van der Waals surface area (Å²) in [5.41, 5.74) is 6.77. The van der Waals surface area contributed by atoms with Gasteiger partial charge in [0.1, 0.15) is 5.52 Å². The lowest BCUT2D eigenvalue weighted by Gasteiger charge is -2.01. The van der Waals surface area contributed by atoms with Crippen LogP contribution in [0.25, 0.3) is 10.9 Å². The Morgan fingerprint density at radius 2 is 2.00 bits per heavy atom. The zero-order valence-electron chi connectivity index (χ0n) is 6.46. The van der Waals surface area contributed by atoms with Gasteiger partial charge < -0.3 is 5.73 Å². The minimum atomic E-state index is 0.460. The van der Waals surface area contributed by atoms with Gasteiger partial charge in [0.05, 0.1) is 16.9 Å². The van der Waals surface area contributed by atoms with Gasteiger partial charge in [-0.3, -0.25) is 0 Å². The normalized spacial score (nSPS) is 10.6. The van der Waals surface area contributed by atoms with Gasteiger partial charge in [-0.25, -0.2) is 0 Å². The van der Waals surface area contributed by atoms with Crippen molar-refractivity contribution in [2.24, 2.45) is 0 Å². The van der Waals surface area contributed by atoms with E-state index in [9.17, 15) is 0 Å². The van der Waals surface area contributed by atoms with Crippen molar-refractivity contribution < 1.29 is 0 Å². The predicted octanol–water partition coefficient (Wildman–Crippen LogP) is 2.52. The molecule has 5 heteroatoms. The van der Waals surface area contributed by atoms with Crippen LogP contribution in [0, 0.1) is 0 Å².